The second-order valence-corrected chi connectivity index (χ2v) is 7.83. The maximum Gasteiger partial charge on any atom is 0.340 e. The van der Waals surface area contributed by atoms with Crippen LogP contribution in [0.15, 0.2) is 30.6 Å². The molecule has 7 nitrogen and oxygen atoms in total. The molecule has 0 aliphatic heterocycles. The van der Waals surface area contributed by atoms with Crippen molar-refractivity contribution in [2.45, 2.75) is 19.9 Å². The molecule has 2 aromatic heterocycles. The van der Waals surface area contributed by atoms with Gasteiger partial charge in [0.05, 0.1) is 19.2 Å². The number of esters is 1. The number of aryl methyl sites for hydroxylation is 1. The highest BCUT2D eigenvalue weighted by molar-refractivity contribution is 7.80. The van der Waals surface area contributed by atoms with Crippen molar-refractivity contribution in [2.24, 2.45) is 0 Å². The number of benzene rings is 1. The van der Waals surface area contributed by atoms with E-state index in [0.29, 0.717) is 27.7 Å². The number of thiophene rings is 1. The predicted octanol–water partition coefficient (Wildman–Crippen LogP) is 4.34. The Hall–Kier alpha value is -2.56. The number of hydrogen-bond acceptors (Lipinski definition) is 6. The molecule has 11 heteroatoms. The number of thiocarbonyl (C=S) groups is 1. The minimum Gasteiger partial charge on any atom is -0.465 e. The Labute approximate surface area is 180 Å². The van der Waals surface area contributed by atoms with Crippen molar-refractivity contribution in [1.82, 2.24) is 14.8 Å². The number of halogens is 2. The number of nitrogens with zero attached hydrogens (tertiary/aromatic N) is 3. The average Bonchev–Trinajstić information content (AvgIpc) is 3.30. The molecule has 152 valence electrons. The first-order valence-corrected chi connectivity index (χ1v) is 10.1. The summed E-state index contributed by atoms with van der Waals surface area (Å²) in [5.74, 6) is -0.570. The second-order valence-electron chi connectivity index (χ2n) is 5.88. The largest absolute Gasteiger partial charge is 0.465 e. The summed E-state index contributed by atoms with van der Waals surface area (Å²) in [6.45, 7) is 2.32. The molecule has 3 aromatic rings. The molecule has 0 saturated carbocycles. The fourth-order valence-electron chi connectivity index (χ4n) is 2.46. The first-order valence-electron chi connectivity index (χ1n) is 8.52. The molecule has 0 radical (unpaired) electrons. The van der Waals surface area contributed by atoms with Gasteiger partial charge in [0.2, 0.25) is 5.95 Å². The van der Waals surface area contributed by atoms with Crippen molar-refractivity contribution in [2.75, 3.05) is 17.7 Å². The Kier molecular flexibility index (Phi) is 6.78. The fraction of sp³-hybridized carbons (Fsp3) is 0.222. The van der Waals surface area contributed by atoms with E-state index in [4.69, 9.17) is 28.6 Å². The fourth-order valence-corrected chi connectivity index (χ4v) is 3.93. The summed E-state index contributed by atoms with van der Waals surface area (Å²) in [6.07, 6.45) is 2.29. The van der Waals surface area contributed by atoms with Crippen molar-refractivity contribution < 1.29 is 13.9 Å². The maximum absolute atomic E-state index is 13.2. The van der Waals surface area contributed by atoms with Gasteiger partial charge in [0.15, 0.2) is 5.11 Å². The lowest BCUT2D eigenvalue weighted by Gasteiger charge is -2.08. The number of nitrogens with one attached hydrogen (secondary N) is 2. The minimum atomic E-state index is -0.440. The number of carbonyl (C=O) groups excluding carboxylic acids is 1. The second kappa shape index (κ2) is 9.29. The monoisotopic (exact) mass is 453 g/mol. The highest BCUT2D eigenvalue weighted by atomic mass is 35.5. The molecule has 0 unspecified atom stereocenters. The normalized spacial score (nSPS) is 10.6. The predicted molar refractivity (Wildman–Crippen MR) is 115 cm³/mol. The molecule has 0 bridgehead atoms. The summed E-state index contributed by atoms with van der Waals surface area (Å²) in [4.78, 5) is 17.1. The zero-order valence-electron chi connectivity index (χ0n) is 15.5. The number of hydrogen-bond donors (Lipinski definition) is 2. The average molecular weight is 454 g/mol. The number of ether oxygens (including phenoxy) is 1. The van der Waals surface area contributed by atoms with E-state index < -0.39 is 11.8 Å². The lowest BCUT2D eigenvalue weighted by atomic mass is 10.2. The van der Waals surface area contributed by atoms with Gasteiger partial charge < -0.3 is 10.1 Å². The van der Waals surface area contributed by atoms with E-state index >= 15 is 0 Å². The standard InChI is InChI=1S/C18H17ClFN5O2S2/c1-3-12-7-13(16(26)27-2)15(29-12)22-18(28)23-17-21-9-25(24-17)8-10-4-5-11(20)6-14(10)19/h4-7,9H,3,8H2,1-2H3,(H2,22,23,24,28). The first-order chi connectivity index (χ1) is 13.9. The Balaban J connectivity index is 1.66. The molecule has 0 aliphatic carbocycles. The zero-order chi connectivity index (χ0) is 21.0. The number of anilines is 2. The third kappa shape index (κ3) is 5.28. The molecule has 0 spiro atoms. The summed E-state index contributed by atoms with van der Waals surface area (Å²) in [5.41, 5.74) is 1.13. The number of methoxy groups -OCH3 is 1. The lowest BCUT2D eigenvalue weighted by Crippen LogP contribution is -2.20. The van der Waals surface area contributed by atoms with Crippen LogP contribution < -0.4 is 10.6 Å². The van der Waals surface area contributed by atoms with E-state index in [9.17, 15) is 9.18 Å². The van der Waals surface area contributed by atoms with Gasteiger partial charge >= 0.3 is 5.97 Å². The van der Waals surface area contributed by atoms with Crippen LogP contribution in [0.25, 0.3) is 0 Å². The van der Waals surface area contributed by atoms with E-state index in [0.717, 1.165) is 11.3 Å². The van der Waals surface area contributed by atoms with Gasteiger partial charge in [-0.1, -0.05) is 24.6 Å². The van der Waals surface area contributed by atoms with Gasteiger partial charge in [0.1, 0.15) is 17.1 Å². The molecule has 0 amide bonds. The van der Waals surface area contributed by atoms with E-state index in [1.54, 1.807) is 16.8 Å². The van der Waals surface area contributed by atoms with Gasteiger partial charge in [-0.25, -0.2) is 18.9 Å². The summed E-state index contributed by atoms with van der Waals surface area (Å²) in [5, 5.41) is 11.3. The van der Waals surface area contributed by atoms with Crippen LogP contribution in [0.2, 0.25) is 5.02 Å². The van der Waals surface area contributed by atoms with Crippen LogP contribution in [-0.2, 0) is 17.7 Å². The molecule has 0 aliphatic rings. The Bertz CT molecular complexity index is 1050. The summed E-state index contributed by atoms with van der Waals surface area (Å²) in [7, 11) is 1.33. The van der Waals surface area contributed by atoms with E-state index in [1.165, 1.54) is 36.9 Å². The van der Waals surface area contributed by atoms with Crippen LogP contribution in [0.3, 0.4) is 0 Å². The molecule has 0 fully saturated rings. The van der Waals surface area contributed by atoms with Crippen LogP contribution in [0.4, 0.5) is 15.3 Å². The highest BCUT2D eigenvalue weighted by Crippen LogP contribution is 2.29. The summed E-state index contributed by atoms with van der Waals surface area (Å²) < 4.78 is 19.5. The molecule has 0 saturated heterocycles. The maximum atomic E-state index is 13.2. The quantitative estimate of drug-likeness (QED) is 0.424. The lowest BCUT2D eigenvalue weighted by molar-refractivity contribution is 0.0602. The Morgan fingerprint density at radius 2 is 2.17 bits per heavy atom. The van der Waals surface area contributed by atoms with Gasteiger partial charge in [-0.3, -0.25) is 5.32 Å². The van der Waals surface area contributed by atoms with Gasteiger partial charge in [-0.15, -0.1) is 16.4 Å². The summed E-state index contributed by atoms with van der Waals surface area (Å²) in [6, 6.07) is 5.95. The van der Waals surface area contributed by atoms with Gasteiger partial charge in [-0.2, -0.15) is 0 Å². The van der Waals surface area contributed by atoms with Crippen molar-refractivity contribution >= 4 is 57.2 Å². The van der Waals surface area contributed by atoms with Gasteiger partial charge in [0, 0.05) is 9.90 Å². The third-order valence-corrected chi connectivity index (χ3v) is 5.62. The molecular formula is C18H17ClFN5O2S2. The van der Waals surface area contributed by atoms with Crippen molar-refractivity contribution in [3.63, 3.8) is 0 Å². The smallest absolute Gasteiger partial charge is 0.340 e. The van der Waals surface area contributed by atoms with E-state index in [1.807, 2.05) is 6.92 Å². The van der Waals surface area contributed by atoms with E-state index in [-0.39, 0.29) is 11.1 Å². The molecule has 1 aromatic carbocycles. The van der Waals surface area contributed by atoms with Gasteiger partial charge in [-0.05, 0) is 42.4 Å². The molecular weight excluding hydrogens is 437 g/mol. The van der Waals surface area contributed by atoms with Crippen LogP contribution in [0, 0.1) is 5.82 Å². The molecule has 2 heterocycles. The number of carbonyl (C=O) groups is 1. The van der Waals surface area contributed by atoms with Crippen molar-refractivity contribution in [3.05, 3.63) is 57.4 Å². The minimum absolute atomic E-state index is 0.234. The Morgan fingerprint density at radius 3 is 2.86 bits per heavy atom. The number of aromatic nitrogens is 3. The first kappa shape index (κ1) is 21.2. The van der Waals surface area contributed by atoms with Crippen LogP contribution >= 0.6 is 35.2 Å². The molecule has 29 heavy (non-hydrogen) atoms. The molecule has 0 atom stereocenters. The van der Waals surface area contributed by atoms with Crippen molar-refractivity contribution in [3.8, 4) is 0 Å². The van der Waals surface area contributed by atoms with Crippen LogP contribution in [0.5, 0.6) is 0 Å². The molecule has 3 rings (SSSR count). The SMILES string of the molecule is CCc1cc(C(=O)OC)c(NC(=S)Nc2ncn(Cc3ccc(F)cc3Cl)n2)s1. The molecule has 2 N–H and O–H groups in total. The third-order valence-electron chi connectivity index (χ3n) is 3.87. The topological polar surface area (TPSA) is 81.1 Å². The van der Waals surface area contributed by atoms with Crippen LogP contribution in [0.1, 0.15) is 27.7 Å². The van der Waals surface area contributed by atoms with Crippen molar-refractivity contribution in [1.29, 1.82) is 0 Å². The van der Waals surface area contributed by atoms with Gasteiger partial charge in [0.25, 0.3) is 0 Å². The van der Waals surface area contributed by atoms with E-state index in [2.05, 4.69) is 20.7 Å². The Morgan fingerprint density at radius 1 is 1.38 bits per heavy atom. The highest BCUT2D eigenvalue weighted by Gasteiger charge is 2.17. The number of rotatable bonds is 6. The van der Waals surface area contributed by atoms with Crippen LogP contribution in [-0.4, -0.2) is 33.0 Å². The summed E-state index contributed by atoms with van der Waals surface area (Å²) >= 11 is 12.8. The zero-order valence-corrected chi connectivity index (χ0v) is 17.9.